The maximum absolute atomic E-state index is 5.74. The summed E-state index contributed by atoms with van der Waals surface area (Å²) in [6.45, 7) is 2.21. The number of nitrogens with zero attached hydrogens (tertiary/aromatic N) is 2. The molecule has 14 heavy (non-hydrogen) atoms. The molecule has 0 saturated heterocycles. The van der Waals surface area contributed by atoms with Crippen LogP contribution in [-0.2, 0) is 0 Å². The molecule has 0 aromatic carbocycles. The first-order valence-electron chi connectivity index (χ1n) is 4.90. The Labute approximate surface area is 88.5 Å². The zero-order valence-corrected chi connectivity index (χ0v) is 8.87. The van der Waals surface area contributed by atoms with Crippen molar-refractivity contribution >= 4 is 11.6 Å². The predicted molar refractivity (Wildman–Crippen MR) is 54.5 cm³/mol. The number of ether oxygens (including phenoxy) is 1. The molecule has 0 amide bonds. The Kier molecular flexibility index (Phi) is 2.87. The summed E-state index contributed by atoms with van der Waals surface area (Å²) >= 11 is 5.74. The van der Waals surface area contributed by atoms with Crippen molar-refractivity contribution in [2.45, 2.75) is 32.3 Å². The maximum atomic E-state index is 5.74. The van der Waals surface area contributed by atoms with Gasteiger partial charge in [-0.05, 0) is 25.2 Å². The predicted octanol–water partition coefficient (Wildman–Crippen LogP) is 2.70. The van der Waals surface area contributed by atoms with Gasteiger partial charge >= 0.3 is 0 Å². The first-order chi connectivity index (χ1) is 6.75. The van der Waals surface area contributed by atoms with E-state index in [-0.39, 0.29) is 0 Å². The second-order valence-corrected chi connectivity index (χ2v) is 4.13. The monoisotopic (exact) mass is 212 g/mol. The molecule has 1 aliphatic carbocycles. The van der Waals surface area contributed by atoms with E-state index >= 15 is 0 Å². The highest BCUT2D eigenvalue weighted by atomic mass is 35.5. The fourth-order valence-electron chi connectivity index (χ4n) is 1.82. The lowest BCUT2D eigenvalue weighted by molar-refractivity contribution is 0.160. The Hall–Kier alpha value is -0.830. The van der Waals surface area contributed by atoms with Gasteiger partial charge in [-0.1, -0.05) is 18.5 Å². The Morgan fingerprint density at radius 3 is 2.93 bits per heavy atom. The van der Waals surface area contributed by atoms with E-state index in [2.05, 4.69) is 16.9 Å². The topological polar surface area (TPSA) is 35.0 Å². The van der Waals surface area contributed by atoms with Crippen LogP contribution in [0.3, 0.4) is 0 Å². The van der Waals surface area contributed by atoms with Gasteiger partial charge in [0.2, 0.25) is 5.88 Å². The number of hydrogen-bond donors (Lipinski definition) is 0. The van der Waals surface area contributed by atoms with Gasteiger partial charge in [0.25, 0.3) is 0 Å². The average Bonchev–Trinajstić information content (AvgIpc) is 2.52. The summed E-state index contributed by atoms with van der Waals surface area (Å²) in [5.41, 5.74) is 0. The van der Waals surface area contributed by atoms with Crippen molar-refractivity contribution in [3.05, 3.63) is 17.5 Å². The molecule has 4 heteroatoms. The van der Waals surface area contributed by atoms with Gasteiger partial charge in [0.15, 0.2) is 0 Å². The average molecular weight is 213 g/mol. The molecule has 0 unspecified atom stereocenters. The van der Waals surface area contributed by atoms with E-state index in [1.165, 1.54) is 19.2 Å². The molecule has 0 aliphatic heterocycles. The van der Waals surface area contributed by atoms with E-state index in [0.29, 0.717) is 23.1 Å². The van der Waals surface area contributed by atoms with Gasteiger partial charge in [0.1, 0.15) is 17.6 Å². The molecule has 76 valence electrons. The van der Waals surface area contributed by atoms with Gasteiger partial charge < -0.3 is 4.74 Å². The van der Waals surface area contributed by atoms with Crippen molar-refractivity contribution in [1.82, 2.24) is 9.97 Å². The van der Waals surface area contributed by atoms with Crippen LogP contribution in [0.25, 0.3) is 0 Å². The molecule has 0 N–H and O–H groups in total. The molecular formula is C10H13ClN2O. The van der Waals surface area contributed by atoms with E-state index in [1.807, 2.05) is 0 Å². The summed E-state index contributed by atoms with van der Waals surface area (Å²) in [4.78, 5) is 7.83. The standard InChI is InChI=1S/C10H13ClN2O/c1-7-3-2-4-8(7)14-10-5-9(11)12-6-13-10/h5-8H,2-4H2,1H3/t7-,8+/m0/s1. The van der Waals surface area contributed by atoms with Gasteiger partial charge in [0, 0.05) is 6.07 Å². The molecule has 0 spiro atoms. The fourth-order valence-corrected chi connectivity index (χ4v) is 1.96. The van der Waals surface area contributed by atoms with Crippen molar-refractivity contribution in [3.8, 4) is 5.88 Å². The maximum Gasteiger partial charge on any atom is 0.218 e. The Morgan fingerprint density at radius 1 is 1.43 bits per heavy atom. The smallest absolute Gasteiger partial charge is 0.218 e. The second kappa shape index (κ2) is 4.13. The van der Waals surface area contributed by atoms with Crippen LogP contribution in [0.4, 0.5) is 0 Å². The molecule has 0 radical (unpaired) electrons. The van der Waals surface area contributed by atoms with Crippen molar-refractivity contribution in [1.29, 1.82) is 0 Å². The second-order valence-electron chi connectivity index (χ2n) is 3.74. The lowest BCUT2D eigenvalue weighted by Crippen LogP contribution is -2.19. The molecule has 1 aliphatic rings. The zero-order chi connectivity index (χ0) is 9.97. The highest BCUT2D eigenvalue weighted by Gasteiger charge is 2.25. The van der Waals surface area contributed by atoms with E-state index in [1.54, 1.807) is 6.07 Å². The molecule has 1 fully saturated rings. The minimum absolute atomic E-state index is 0.293. The number of halogens is 1. The van der Waals surface area contributed by atoms with E-state index in [4.69, 9.17) is 16.3 Å². The number of hydrogen-bond acceptors (Lipinski definition) is 3. The third-order valence-electron chi connectivity index (χ3n) is 2.66. The van der Waals surface area contributed by atoms with Crippen LogP contribution in [0.2, 0.25) is 5.15 Å². The van der Waals surface area contributed by atoms with Gasteiger partial charge in [0.05, 0.1) is 0 Å². The molecule has 1 aromatic rings. The Bertz CT molecular complexity index is 319. The number of rotatable bonds is 2. The lowest BCUT2D eigenvalue weighted by Gasteiger charge is -2.16. The van der Waals surface area contributed by atoms with Gasteiger partial charge in [-0.25, -0.2) is 9.97 Å². The molecule has 1 heterocycles. The normalized spacial score (nSPS) is 26.4. The zero-order valence-electron chi connectivity index (χ0n) is 8.11. The minimum atomic E-state index is 0.293. The molecule has 3 nitrogen and oxygen atoms in total. The third kappa shape index (κ3) is 2.15. The summed E-state index contributed by atoms with van der Waals surface area (Å²) in [7, 11) is 0. The summed E-state index contributed by atoms with van der Waals surface area (Å²) in [5, 5.41) is 0.431. The van der Waals surface area contributed by atoms with E-state index in [9.17, 15) is 0 Å². The Morgan fingerprint density at radius 2 is 2.29 bits per heavy atom. The molecule has 2 rings (SSSR count). The highest BCUT2D eigenvalue weighted by molar-refractivity contribution is 6.29. The highest BCUT2D eigenvalue weighted by Crippen LogP contribution is 2.28. The summed E-state index contributed by atoms with van der Waals surface area (Å²) in [6.07, 6.45) is 5.31. The first kappa shape index (κ1) is 9.71. The van der Waals surface area contributed by atoms with Crippen molar-refractivity contribution < 1.29 is 4.74 Å². The SMILES string of the molecule is C[C@H]1CCC[C@H]1Oc1cc(Cl)ncn1. The molecule has 1 aromatic heterocycles. The molecule has 2 atom stereocenters. The van der Waals surface area contributed by atoms with E-state index in [0.717, 1.165) is 6.42 Å². The van der Waals surface area contributed by atoms with E-state index < -0.39 is 0 Å². The van der Waals surface area contributed by atoms with Crippen molar-refractivity contribution in [2.75, 3.05) is 0 Å². The molecule has 0 bridgehead atoms. The van der Waals surface area contributed by atoms with Crippen LogP contribution in [0, 0.1) is 5.92 Å². The van der Waals surface area contributed by atoms with Crippen LogP contribution >= 0.6 is 11.6 Å². The van der Waals surface area contributed by atoms with Gasteiger partial charge in [-0.2, -0.15) is 0 Å². The minimum Gasteiger partial charge on any atom is -0.474 e. The van der Waals surface area contributed by atoms with Crippen LogP contribution in [0.1, 0.15) is 26.2 Å². The lowest BCUT2D eigenvalue weighted by atomic mass is 10.1. The van der Waals surface area contributed by atoms with Crippen LogP contribution in [0.15, 0.2) is 12.4 Å². The van der Waals surface area contributed by atoms with Crippen molar-refractivity contribution in [2.24, 2.45) is 5.92 Å². The van der Waals surface area contributed by atoms with Gasteiger partial charge in [-0.3, -0.25) is 0 Å². The summed E-state index contributed by atoms with van der Waals surface area (Å²) in [6, 6.07) is 1.66. The van der Waals surface area contributed by atoms with Crippen LogP contribution in [-0.4, -0.2) is 16.1 Å². The van der Waals surface area contributed by atoms with Gasteiger partial charge in [-0.15, -0.1) is 0 Å². The van der Waals surface area contributed by atoms with Crippen LogP contribution < -0.4 is 4.74 Å². The fraction of sp³-hybridized carbons (Fsp3) is 0.600. The largest absolute Gasteiger partial charge is 0.474 e. The molecular weight excluding hydrogens is 200 g/mol. The van der Waals surface area contributed by atoms with Crippen molar-refractivity contribution in [3.63, 3.8) is 0 Å². The Balaban J connectivity index is 2.03. The third-order valence-corrected chi connectivity index (χ3v) is 2.87. The quantitative estimate of drug-likeness (QED) is 0.707. The summed E-state index contributed by atoms with van der Waals surface area (Å²) < 4.78 is 5.73. The first-order valence-corrected chi connectivity index (χ1v) is 5.27. The van der Waals surface area contributed by atoms with Crippen LogP contribution in [0.5, 0.6) is 5.88 Å². The summed E-state index contributed by atoms with van der Waals surface area (Å²) in [5.74, 6) is 1.20. The molecule has 1 saturated carbocycles. The number of aromatic nitrogens is 2.